The standard InChI is InChI=1S/C9H10N2O4/c1-5(12)11-2-6(3-11)8-7(9(13)14)4-15-10-8/h4,6H,2-3H2,1H3,(H,13,14). The number of carbonyl (C=O) groups is 2. The molecule has 0 bridgehead atoms. The summed E-state index contributed by atoms with van der Waals surface area (Å²) in [7, 11) is 0. The highest BCUT2D eigenvalue weighted by molar-refractivity contribution is 5.88. The van der Waals surface area contributed by atoms with Gasteiger partial charge in [-0.05, 0) is 0 Å². The Labute approximate surface area is 85.5 Å². The van der Waals surface area contributed by atoms with Crippen molar-refractivity contribution in [2.24, 2.45) is 0 Å². The van der Waals surface area contributed by atoms with Crippen LogP contribution in [-0.2, 0) is 4.79 Å². The van der Waals surface area contributed by atoms with E-state index in [2.05, 4.69) is 9.68 Å². The van der Waals surface area contributed by atoms with Crippen LogP contribution in [0.25, 0.3) is 0 Å². The molecule has 1 saturated heterocycles. The smallest absolute Gasteiger partial charge is 0.340 e. The minimum Gasteiger partial charge on any atom is -0.478 e. The van der Waals surface area contributed by atoms with Gasteiger partial charge in [-0.15, -0.1) is 0 Å². The molecule has 0 saturated carbocycles. The van der Waals surface area contributed by atoms with Crippen LogP contribution in [0.15, 0.2) is 10.8 Å². The Morgan fingerprint density at radius 3 is 2.80 bits per heavy atom. The summed E-state index contributed by atoms with van der Waals surface area (Å²) in [5.74, 6) is -1.07. The van der Waals surface area contributed by atoms with Crippen LogP contribution in [-0.4, -0.2) is 40.1 Å². The molecule has 1 aromatic rings. The molecule has 2 rings (SSSR count). The van der Waals surface area contributed by atoms with Crippen molar-refractivity contribution in [1.29, 1.82) is 0 Å². The molecular weight excluding hydrogens is 200 g/mol. The van der Waals surface area contributed by atoms with Gasteiger partial charge in [0.15, 0.2) is 0 Å². The number of amides is 1. The molecule has 2 heterocycles. The monoisotopic (exact) mass is 210 g/mol. The minimum absolute atomic E-state index is 0.00776. The second-order valence-electron chi connectivity index (χ2n) is 3.54. The maximum Gasteiger partial charge on any atom is 0.340 e. The molecule has 6 heteroatoms. The minimum atomic E-state index is -1.05. The fourth-order valence-corrected chi connectivity index (χ4v) is 1.61. The van der Waals surface area contributed by atoms with Gasteiger partial charge in [0.25, 0.3) is 0 Å². The van der Waals surface area contributed by atoms with Crippen LogP contribution in [0.4, 0.5) is 0 Å². The van der Waals surface area contributed by atoms with E-state index in [1.54, 1.807) is 4.90 Å². The van der Waals surface area contributed by atoms with Gasteiger partial charge >= 0.3 is 5.97 Å². The van der Waals surface area contributed by atoms with E-state index in [1.807, 2.05) is 0 Å². The molecule has 0 atom stereocenters. The summed E-state index contributed by atoms with van der Waals surface area (Å²) in [4.78, 5) is 23.3. The molecule has 1 N–H and O–H groups in total. The first-order valence-corrected chi connectivity index (χ1v) is 4.52. The van der Waals surface area contributed by atoms with Gasteiger partial charge in [0, 0.05) is 25.9 Å². The van der Waals surface area contributed by atoms with E-state index in [0.29, 0.717) is 18.8 Å². The van der Waals surface area contributed by atoms with E-state index in [1.165, 1.54) is 6.92 Å². The predicted octanol–water partition coefficient (Wildman–Crippen LogP) is 0.319. The zero-order chi connectivity index (χ0) is 11.0. The molecule has 6 nitrogen and oxygen atoms in total. The number of aromatic nitrogens is 1. The molecule has 80 valence electrons. The van der Waals surface area contributed by atoms with Crippen molar-refractivity contribution in [2.75, 3.05) is 13.1 Å². The highest BCUT2D eigenvalue weighted by Gasteiger charge is 2.34. The van der Waals surface area contributed by atoms with Crippen molar-refractivity contribution in [2.45, 2.75) is 12.8 Å². The van der Waals surface area contributed by atoms with Gasteiger partial charge in [-0.2, -0.15) is 0 Å². The van der Waals surface area contributed by atoms with E-state index in [4.69, 9.17) is 5.11 Å². The van der Waals surface area contributed by atoms with Crippen LogP contribution in [0.3, 0.4) is 0 Å². The van der Waals surface area contributed by atoms with Gasteiger partial charge in [-0.25, -0.2) is 4.79 Å². The summed E-state index contributed by atoms with van der Waals surface area (Å²) < 4.78 is 4.63. The number of carbonyl (C=O) groups excluding carboxylic acids is 1. The number of aromatic carboxylic acids is 1. The first-order chi connectivity index (χ1) is 7.09. The Morgan fingerprint density at radius 2 is 2.27 bits per heavy atom. The summed E-state index contributed by atoms with van der Waals surface area (Å²) in [6.45, 7) is 2.52. The summed E-state index contributed by atoms with van der Waals surface area (Å²) in [6, 6.07) is 0. The second-order valence-corrected chi connectivity index (χ2v) is 3.54. The molecule has 0 unspecified atom stereocenters. The van der Waals surface area contributed by atoms with Crippen LogP contribution in [0, 0.1) is 0 Å². The number of likely N-dealkylation sites (tertiary alicyclic amines) is 1. The molecule has 0 radical (unpaired) electrons. The van der Waals surface area contributed by atoms with E-state index in [9.17, 15) is 9.59 Å². The quantitative estimate of drug-likeness (QED) is 0.759. The molecule has 1 aliphatic rings. The van der Waals surface area contributed by atoms with Crippen LogP contribution >= 0.6 is 0 Å². The SMILES string of the molecule is CC(=O)N1CC(c2nocc2C(=O)O)C1. The van der Waals surface area contributed by atoms with Gasteiger partial charge in [-0.1, -0.05) is 5.16 Å². The zero-order valence-electron chi connectivity index (χ0n) is 8.14. The first kappa shape index (κ1) is 9.70. The van der Waals surface area contributed by atoms with Crippen molar-refractivity contribution < 1.29 is 19.2 Å². The average molecular weight is 210 g/mol. The largest absolute Gasteiger partial charge is 0.478 e. The lowest BCUT2D eigenvalue weighted by molar-refractivity contribution is -0.133. The van der Waals surface area contributed by atoms with Gasteiger partial charge in [0.2, 0.25) is 5.91 Å². The molecule has 1 aromatic heterocycles. The van der Waals surface area contributed by atoms with E-state index < -0.39 is 5.97 Å². The number of rotatable bonds is 2. The molecule has 15 heavy (non-hydrogen) atoms. The number of carboxylic acids is 1. The molecule has 0 spiro atoms. The molecule has 0 aromatic carbocycles. The van der Waals surface area contributed by atoms with Gasteiger partial charge < -0.3 is 14.5 Å². The summed E-state index contributed by atoms with van der Waals surface area (Å²) in [5.41, 5.74) is 0.517. The Balaban J connectivity index is 2.10. The molecule has 0 aliphatic carbocycles. The van der Waals surface area contributed by atoms with E-state index in [0.717, 1.165) is 6.26 Å². The number of carboxylic acid groups (broad SMARTS) is 1. The third-order valence-electron chi connectivity index (χ3n) is 2.54. The normalized spacial score (nSPS) is 16.2. The van der Waals surface area contributed by atoms with Crippen LogP contribution in [0.2, 0.25) is 0 Å². The van der Waals surface area contributed by atoms with Gasteiger partial charge in [0.05, 0.1) is 0 Å². The Hall–Kier alpha value is -1.85. The lowest BCUT2D eigenvalue weighted by Gasteiger charge is -2.37. The van der Waals surface area contributed by atoms with E-state index in [-0.39, 0.29) is 17.4 Å². The maximum atomic E-state index is 10.9. The van der Waals surface area contributed by atoms with Gasteiger partial charge in [0.1, 0.15) is 17.5 Å². The van der Waals surface area contributed by atoms with Crippen molar-refractivity contribution in [3.63, 3.8) is 0 Å². The van der Waals surface area contributed by atoms with Crippen molar-refractivity contribution in [3.05, 3.63) is 17.5 Å². The van der Waals surface area contributed by atoms with Crippen LogP contribution < -0.4 is 0 Å². The highest BCUT2D eigenvalue weighted by atomic mass is 16.5. The average Bonchev–Trinajstić information content (AvgIpc) is 2.48. The van der Waals surface area contributed by atoms with Crippen LogP contribution in [0.5, 0.6) is 0 Å². The number of nitrogens with zero attached hydrogens (tertiary/aromatic N) is 2. The maximum absolute atomic E-state index is 10.9. The number of hydrogen-bond acceptors (Lipinski definition) is 4. The first-order valence-electron chi connectivity index (χ1n) is 4.52. The lowest BCUT2D eigenvalue weighted by Crippen LogP contribution is -2.47. The Bertz CT molecular complexity index is 406. The fourth-order valence-electron chi connectivity index (χ4n) is 1.61. The fraction of sp³-hybridized carbons (Fsp3) is 0.444. The van der Waals surface area contributed by atoms with E-state index >= 15 is 0 Å². The van der Waals surface area contributed by atoms with Crippen molar-refractivity contribution in [3.8, 4) is 0 Å². The third kappa shape index (κ3) is 1.58. The van der Waals surface area contributed by atoms with Crippen LogP contribution in [0.1, 0.15) is 28.9 Å². The van der Waals surface area contributed by atoms with Gasteiger partial charge in [-0.3, -0.25) is 4.79 Å². The topological polar surface area (TPSA) is 83.6 Å². The zero-order valence-corrected chi connectivity index (χ0v) is 8.14. The molecule has 1 amide bonds. The van der Waals surface area contributed by atoms with Crippen molar-refractivity contribution in [1.82, 2.24) is 10.1 Å². The van der Waals surface area contributed by atoms with Crippen molar-refractivity contribution >= 4 is 11.9 Å². The molecule has 1 aliphatic heterocycles. The third-order valence-corrected chi connectivity index (χ3v) is 2.54. The summed E-state index contributed by atoms with van der Waals surface area (Å²) in [5, 5.41) is 12.5. The molecular formula is C9H10N2O4. The summed E-state index contributed by atoms with van der Waals surface area (Å²) in [6.07, 6.45) is 1.12. The second kappa shape index (κ2) is 3.38. The highest BCUT2D eigenvalue weighted by Crippen LogP contribution is 2.28. The predicted molar refractivity (Wildman–Crippen MR) is 48.5 cm³/mol. The number of hydrogen-bond donors (Lipinski definition) is 1. The lowest BCUT2D eigenvalue weighted by atomic mass is 9.94. The Morgan fingerprint density at radius 1 is 1.60 bits per heavy atom. The summed E-state index contributed by atoms with van der Waals surface area (Å²) >= 11 is 0. The Kier molecular flexibility index (Phi) is 2.18. The molecule has 1 fully saturated rings.